The molecule has 0 saturated carbocycles. The molecule has 2 aromatic carbocycles. The molecule has 0 radical (unpaired) electrons. The molecule has 0 unspecified atom stereocenters. The first kappa shape index (κ1) is 18.7. The number of non-ortho nitro benzene ring substituents is 1. The molecule has 9 heteroatoms. The summed E-state index contributed by atoms with van der Waals surface area (Å²) in [6, 6.07) is 10.3. The lowest BCUT2D eigenvalue weighted by molar-refractivity contribution is -0.384. The first-order chi connectivity index (χ1) is 13.5. The molecule has 2 aromatic rings. The lowest BCUT2D eigenvalue weighted by Gasteiger charge is -2.25. The number of rotatable bonds is 4. The van der Waals surface area contributed by atoms with Crippen LogP contribution in [0.15, 0.2) is 47.4 Å². The second kappa shape index (κ2) is 7.40. The van der Waals surface area contributed by atoms with Gasteiger partial charge in [-0.1, -0.05) is 6.07 Å². The highest BCUT2D eigenvalue weighted by Gasteiger charge is 2.36. The van der Waals surface area contributed by atoms with Crippen molar-refractivity contribution in [3.63, 3.8) is 0 Å². The van der Waals surface area contributed by atoms with Crippen molar-refractivity contribution in [2.45, 2.75) is 30.2 Å². The van der Waals surface area contributed by atoms with E-state index in [1.165, 1.54) is 28.6 Å². The van der Waals surface area contributed by atoms with E-state index in [1.54, 1.807) is 0 Å². The summed E-state index contributed by atoms with van der Waals surface area (Å²) < 4.78 is 39.1. The van der Waals surface area contributed by atoms with E-state index in [4.69, 9.17) is 9.47 Å². The fraction of sp³-hybridized carbons (Fsp3) is 0.368. The highest BCUT2D eigenvalue weighted by Crippen LogP contribution is 2.40. The predicted octanol–water partition coefficient (Wildman–Crippen LogP) is 3.28. The van der Waals surface area contributed by atoms with E-state index in [2.05, 4.69) is 0 Å². The zero-order chi connectivity index (χ0) is 19.7. The topological polar surface area (TPSA) is 99.0 Å². The number of hydrogen-bond donors (Lipinski definition) is 0. The number of sulfonamides is 1. The quantitative estimate of drug-likeness (QED) is 0.573. The van der Waals surface area contributed by atoms with Crippen LogP contribution in [0.3, 0.4) is 0 Å². The predicted molar refractivity (Wildman–Crippen MR) is 101 cm³/mol. The minimum Gasteiger partial charge on any atom is -0.490 e. The van der Waals surface area contributed by atoms with Crippen LogP contribution in [-0.4, -0.2) is 37.4 Å². The SMILES string of the molecule is O=[N+]([O-])c1ccc(S(=O)(=O)N2CCC[C@H]2c2ccc3c(c2)OCCCO3)cc1. The number of hydrogen-bond acceptors (Lipinski definition) is 6. The minimum atomic E-state index is -3.77. The van der Waals surface area contributed by atoms with Gasteiger partial charge in [-0.05, 0) is 42.7 Å². The first-order valence-corrected chi connectivity index (χ1v) is 10.6. The Balaban J connectivity index is 1.64. The van der Waals surface area contributed by atoms with Gasteiger partial charge in [0.2, 0.25) is 10.0 Å². The third-order valence-corrected chi connectivity index (χ3v) is 6.94. The van der Waals surface area contributed by atoms with Gasteiger partial charge in [0.1, 0.15) is 0 Å². The lowest BCUT2D eigenvalue weighted by atomic mass is 10.0. The van der Waals surface area contributed by atoms with Crippen molar-refractivity contribution in [3.8, 4) is 11.5 Å². The van der Waals surface area contributed by atoms with Gasteiger partial charge in [0.05, 0.1) is 29.1 Å². The van der Waals surface area contributed by atoms with Crippen LogP contribution in [0.25, 0.3) is 0 Å². The Labute approximate surface area is 162 Å². The standard InChI is InChI=1S/C19H20N2O6S/c22-21(23)15-5-7-16(8-6-15)28(24,25)20-10-1-3-17(20)14-4-9-18-19(13-14)27-12-2-11-26-18/h4-9,13,17H,1-3,10-12H2/t17-/m0/s1. The van der Waals surface area contributed by atoms with Crippen LogP contribution >= 0.6 is 0 Å². The van der Waals surface area contributed by atoms with Gasteiger partial charge in [0.15, 0.2) is 11.5 Å². The Morgan fingerprint density at radius 3 is 2.43 bits per heavy atom. The van der Waals surface area contributed by atoms with Gasteiger partial charge in [-0.2, -0.15) is 4.31 Å². The van der Waals surface area contributed by atoms with Crippen molar-refractivity contribution in [2.24, 2.45) is 0 Å². The molecule has 1 atom stereocenters. The monoisotopic (exact) mass is 404 g/mol. The molecule has 4 rings (SSSR count). The van der Waals surface area contributed by atoms with Crippen molar-refractivity contribution >= 4 is 15.7 Å². The molecular weight excluding hydrogens is 384 g/mol. The smallest absolute Gasteiger partial charge is 0.269 e. The Bertz CT molecular complexity index is 990. The number of benzene rings is 2. The molecular formula is C19H20N2O6S. The summed E-state index contributed by atoms with van der Waals surface area (Å²) in [6.45, 7) is 1.56. The maximum absolute atomic E-state index is 13.1. The summed E-state index contributed by atoms with van der Waals surface area (Å²) >= 11 is 0. The molecule has 0 aliphatic carbocycles. The molecule has 28 heavy (non-hydrogen) atoms. The number of nitro benzene ring substituents is 1. The molecule has 0 N–H and O–H groups in total. The van der Waals surface area contributed by atoms with E-state index in [0.29, 0.717) is 37.7 Å². The highest BCUT2D eigenvalue weighted by atomic mass is 32.2. The summed E-state index contributed by atoms with van der Waals surface area (Å²) in [5, 5.41) is 10.8. The molecule has 0 spiro atoms. The van der Waals surface area contributed by atoms with Crippen LogP contribution < -0.4 is 9.47 Å². The summed E-state index contributed by atoms with van der Waals surface area (Å²) in [7, 11) is -3.77. The lowest BCUT2D eigenvalue weighted by Crippen LogP contribution is -2.30. The summed E-state index contributed by atoms with van der Waals surface area (Å²) in [5.41, 5.74) is 0.715. The molecule has 0 bridgehead atoms. The van der Waals surface area contributed by atoms with Gasteiger partial charge >= 0.3 is 0 Å². The average molecular weight is 404 g/mol. The molecule has 2 heterocycles. The van der Waals surface area contributed by atoms with Crippen molar-refractivity contribution in [1.29, 1.82) is 0 Å². The van der Waals surface area contributed by atoms with Crippen molar-refractivity contribution in [1.82, 2.24) is 4.31 Å². The Kier molecular flexibility index (Phi) is 4.94. The summed E-state index contributed by atoms with van der Waals surface area (Å²) in [6.07, 6.45) is 2.24. The highest BCUT2D eigenvalue weighted by molar-refractivity contribution is 7.89. The number of nitrogens with zero attached hydrogens (tertiary/aromatic N) is 2. The number of fused-ring (bicyclic) bond motifs is 1. The molecule has 1 saturated heterocycles. The average Bonchev–Trinajstić information content (AvgIpc) is 3.08. The zero-order valence-corrected chi connectivity index (χ0v) is 15.9. The van der Waals surface area contributed by atoms with E-state index >= 15 is 0 Å². The van der Waals surface area contributed by atoms with Crippen LogP contribution in [0, 0.1) is 10.1 Å². The van der Waals surface area contributed by atoms with Gasteiger partial charge in [0.25, 0.3) is 5.69 Å². The van der Waals surface area contributed by atoms with Crippen molar-refractivity contribution in [2.75, 3.05) is 19.8 Å². The molecule has 2 aliphatic heterocycles. The Hall–Kier alpha value is -2.65. The molecule has 2 aliphatic rings. The second-order valence-electron chi connectivity index (χ2n) is 6.78. The fourth-order valence-corrected chi connectivity index (χ4v) is 5.31. The van der Waals surface area contributed by atoms with Crippen molar-refractivity contribution in [3.05, 3.63) is 58.1 Å². The third kappa shape index (κ3) is 3.43. The van der Waals surface area contributed by atoms with E-state index < -0.39 is 14.9 Å². The van der Waals surface area contributed by atoms with E-state index in [9.17, 15) is 18.5 Å². The molecule has 1 fully saturated rings. The van der Waals surface area contributed by atoms with Gasteiger partial charge < -0.3 is 9.47 Å². The van der Waals surface area contributed by atoms with E-state index in [0.717, 1.165) is 18.4 Å². The second-order valence-corrected chi connectivity index (χ2v) is 8.67. The van der Waals surface area contributed by atoms with Crippen LogP contribution in [-0.2, 0) is 10.0 Å². The molecule has 0 aromatic heterocycles. The summed E-state index contributed by atoms with van der Waals surface area (Å²) in [5.74, 6) is 1.30. The van der Waals surface area contributed by atoms with Gasteiger partial charge in [0, 0.05) is 25.1 Å². The number of nitro groups is 1. The van der Waals surface area contributed by atoms with Gasteiger partial charge in [-0.25, -0.2) is 8.42 Å². The van der Waals surface area contributed by atoms with Crippen LogP contribution in [0.1, 0.15) is 30.9 Å². The van der Waals surface area contributed by atoms with Crippen LogP contribution in [0.4, 0.5) is 5.69 Å². The zero-order valence-electron chi connectivity index (χ0n) is 15.1. The minimum absolute atomic E-state index is 0.0549. The maximum atomic E-state index is 13.1. The largest absolute Gasteiger partial charge is 0.490 e. The van der Waals surface area contributed by atoms with Gasteiger partial charge in [-0.15, -0.1) is 0 Å². The van der Waals surface area contributed by atoms with E-state index in [1.807, 2.05) is 18.2 Å². The Morgan fingerprint density at radius 1 is 1.00 bits per heavy atom. The Morgan fingerprint density at radius 2 is 1.71 bits per heavy atom. The molecule has 148 valence electrons. The maximum Gasteiger partial charge on any atom is 0.269 e. The summed E-state index contributed by atoms with van der Waals surface area (Å²) in [4.78, 5) is 10.3. The first-order valence-electron chi connectivity index (χ1n) is 9.13. The van der Waals surface area contributed by atoms with Crippen LogP contribution in [0.5, 0.6) is 11.5 Å². The van der Waals surface area contributed by atoms with Gasteiger partial charge in [-0.3, -0.25) is 10.1 Å². The fourth-order valence-electron chi connectivity index (χ4n) is 3.62. The van der Waals surface area contributed by atoms with Crippen molar-refractivity contribution < 1.29 is 22.8 Å². The number of ether oxygens (including phenoxy) is 2. The molecule has 8 nitrogen and oxygen atoms in total. The molecule has 0 amide bonds. The van der Waals surface area contributed by atoms with Crippen LogP contribution in [0.2, 0.25) is 0 Å². The normalized spacial score (nSPS) is 19.9. The third-order valence-electron chi connectivity index (χ3n) is 5.01. The van der Waals surface area contributed by atoms with E-state index in [-0.39, 0.29) is 16.6 Å².